The number of halogens is 1. The van der Waals surface area contributed by atoms with Gasteiger partial charge in [-0.1, -0.05) is 22.0 Å². The fraction of sp³-hybridized carbons (Fsp3) is 0.286. The van der Waals surface area contributed by atoms with Crippen molar-refractivity contribution in [2.45, 2.75) is 32.8 Å². The molecule has 2 rings (SSSR count). The van der Waals surface area contributed by atoms with E-state index in [-0.39, 0.29) is 24.8 Å². The first kappa shape index (κ1) is 22.4. The van der Waals surface area contributed by atoms with Crippen LogP contribution in [0.5, 0.6) is 0 Å². The van der Waals surface area contributed by atoms with Gasteiger partial charge in [-0.15, -0.1) is 0 Å². The van der Waals surface area contributed by atoms with Gasteiger partial charge in [0, 0.05) is 34.4 Å². The number of amides is 3. The molecule has 0 saturated carbocycles. The van der Waals surface area contributed by atoms with Crippen LogP contribution in [0.1, 0.15) is 37.6 Å². The largest absolute Gasteiger partial charge is 0.444 e. The summed E-state index contributed by atoms with van der Waals surface area (Å²) in [5, 5.41) is 8.06. The molecule has 0 saturated heterocycles. The number of nitrogens with one attached hydrogen (secondary N) is 3. The lowest BCUT2D eigenvalue weighted by molar-refractivity contribution is -0.116. The van der Waals surface area contributed by atoms with E-state index in [1.807, 2.05) is 6.07 Å². The number of alkyl carbamates (subject to hydrolysis) is 1. The van der Waals surface area contributed by atoms with E-state index >= 15 is 0 Å². The summed E-state index contributed by atoms with van der Waals surface area (Å²) < 4.78 is 5.93. The molecular weight excluding hydrogens is 438 g/mol. The minimum Gasteiger partial charge on any atom is -0.444 e. The number of hydrogen-bond acceptors (Lipinski definition) is 4. The van der Waals surface area contributed by atoms with Gasteiger partial charge in [0.1, 0.15) is 5.60 Å². The van der Waals surface area contributed by atoms with Crippen LogP contribution in [0.2, 0.25) is 0 Å². The van der Waals surface area contributed by atoms with E-state index in [0.29, 0.717) is 16.9 Å². The topological polar surface area (TPSA) is 96.5 Å². The summed E-state index contributed by atoms with van der Waals surface area (Å²) in [6.45, 7) is 5.47. The minimum absolute atomic E-state index is 0.112. The molecule has 0 aromatic heterocycles. The summed E-state index contributed by atoms with van der Waals surface area (Å²) >= 11 is 3.34. The van der Waals surface area contributed by atoms with Gasteiger partial charge in [0.05, 0.1) is 0 Å². The third-order valence-electron chi connectivity index (χ3n) is 3.53. The van der Waals surface area contributed by atoms with Gasteiger partial charge in [0.15, 0.2) is 0 Å². The molecule has 0 atom stereocenters. The smallest absolute Gasteiger partial charge is 0.407 e. The fourth-order valence-corrected chi connectivity index (χ4v) is 2.68. The van der Waals surface area contributed by atoms with Crippen LogP contribution in [0.15, 0.2) is 53.0 Å². The highest BCUT2D eigenvalue weighted by Crippen LogP contribution is 2.17. The fourth-order valence-electron chi connectivity index (χ4n) is 2.29. The summed E-state index contributed by atoms with van der Waals surface area (Å²) in [4.78, 5) is 35.8. The van der Waals surface area contributed by atoms with E-state index in [2.05, 4.69) is 31.9 Å². The van der Waals surface area contributed by atoms with E-state index in [1.54, 1.807) is 63.2 Å². The van der Waals surface area contributed by atoms with Crippen molar-refractivity contribution in [2.75, 3.05) is 17.2 Å². The van der Waals surface area contributed by atoms with Crippen molar-refractivity contribution in [3.63, 3.8) is 0 Å². The number of benzene rings is 2. The number of carbonyl (C=O) groups is 3. The molecule has 0 bridgehead atoms. The molecule has 0 aliphatic carbocycles. The molecule has 8 heteroatoms. The van der Waals surface area contributed by atoms with Crippen LogP contribution in [0, 0.1) is 0 Å². The summed E-state index contributed by atoms with van der Waals surface area (Å²) in [6.07, 6.45) is -0.448. The number of anilines is 2. The Balaban J connectivity index is 1.79. The van der Waals surface area contributed by atoms with Crippen LogP contribution in [-0.2, 0) is 9.53 Å². The Bertz CT molecular complexity index is 876. The molecule has 0 heterocycles. The van der Waals surface area contributed by atoms with Crippen molar-refractivity contribution in [1.82, 2.24) is 5.32 Å². The lowest BCUT2D eigenvalue weighted by Gasteiger charge is -2.19. The Morgan fingerprint density at radius 3 is 2.17 bits per heavy atom. The Morgan fingerprint density at radius 2 is 1.59 bits per heavy atom. The second kappa shape index (κ2) is 10.1. The maximum absolute atomic E-state index is 12.2. The zero-order chi connectivity index (χ0) is 21.4. The Labute approximate surface area is 178 Å². The zero-order valence-electron chi connectivity index (χ0n) is 16.5. The third-order valence-corrected chi connectivity index (χ3v) is 4.03. The molecule has 0 radical (unpaired) electrons. The van der Waals surface area contributed by atoms with Crippen molar-refractivity contribution < 1.29 is 19.1 Å². The highest BCUT2D eigenvalue weighted by Gasteiger charge is 2.16. The van der Waals surface area contributed by atoms with Crippen LogP contribution in [0.25, 0.3) is 0 Å². The number of carbonyl (C=O) groups excluding carboxylic acids is 3. The van der Waals surface area contributed by atoms with E-state index in [4.69, 9.17) is 4.74 Å². The molecule has 0 spiro atoms. The molecule has 2 aromatic rings. The second-order valence-electron chi connectivity index (χ2n) is 7.27. The van der Waals surface area contributed by atoms with Crippen LogP contribution in [0.3, 0.4) is 0 Å². The minimum atomic E-state index is -0.583. The Kier molecular flexibility index (Phi) is 7.78. The summed E-state index contributed by atoms with van der Waals surface area (Å²) in [6, 6.07) is 13.9. The van der Waals surface area contributed by atoms with Crippen LogP contribution >= 0.6 is 15.9 Å². The van der Waals surface area contributed by atoms with Crippen molar-refractivity contribution in [2.24, 2.45) is 0 Å². The quantitative estimate of drug-likeness (QED) is 0.587. The SMILES string of the molecule is CC(C)(C)OC(=O)NCCC(=O)Nc1ccc(NC(=O)c2cccc(Br)c2)cc1. The first-order valence-corrected chi connectivity index (χ1v) is 9.85. The first-order chi connectivity index (χ1) is 13.6. The molecule has 3 N–H and O–H groups in total. The van der Waals surface area contributed by atoms with Gasteiger partial charge in [0.2, 0.25) is 5.91 Å². The van der Waals surface area contributed by atoms with Gasteiger partial charge in [0.25, 0.3) is 5.91 Å². The Morgan fingerprint density at radius 1 is 0.966 bits per heavy atom. The molecule has 0 aliphatic heterocycles. The van der Waals surface area contributed by atoms with Crippen molar-refractivity contribution in [3.8, 4) is 0 Å². The average molecular weight is 462 g/mol. The molecule has 29 heavy (non-hydrogen) atoms. The van der Waals surface area contributed by atoms with Crippen LogP contribution in [-0.4, -0.2) is 30.1 Å². The van der Waals surface area contributed by atoms with Crippen molar-refractivity contribution in [1.29, 1.82) is 0 Å². The standard InChI is InChI=1S/C21H24BrN3O4/c1-21(2,3)29-20(28)23-12-11-18(26)24-16-7-9-17(10-8-16)25-19(27)14-5-4-6-15(22)13-14/h4-10,13H,11-12H2,1-3H3,(H,23,28)(H,24,26)(H,25,27). The van der Waals surface area contributed by atoms with Crippen molar-refractivity contribution >= 4 is 45.2 Å². The van der Waals surface area contributed by atoms with Gasteiger partial charge in [-0.05, 0) is 63.2 Å². The lowest BCUT2D eigenvalue weighted by atomic mass is 10.2. The third kappa shape index (κ3) is 8.35. The van der Waals surface area contributed by atoms with Gasteiger partial charge >= 0.3 is 6.09 Å². The van der Waals surface area contributed by atoms with E-state index in [0.717, 1.165) is 4.47 Å². The second-order valence-corrected chi connectivity index (χ2v) is 8.18. The monoisotopic (exact) mass is 461 g/mol. The zero-order valence-corrected chi connectivity index (χ0v) is 18.1. The average Bonchev–Trinajstić information content (AvgIpc) is 2.62. The molecular formula is C21H24BrN3O4. The highest BCUT2D eigenvalue weighted by atomic mass is 79.9. The molecule has 154 valence electrons. The molecule has 0 unspecified atom stereocenters. The normalized spacial score (nSPS) is 10.8. The molecule has 0 aliphatic rings. The molecule has 3 amide bonds. The molecule has 0 fully saturated rings. The summed E-state index contributed by atoms with van der Waals surface area (Å²) in [7, 11) is 0. The molecule has 2 aromatic carbocycles. The first-order valence-electron chi connectivity index (χ1n) is 9.06. The van der Waals surface area contributed by atoms with Gasteiger partial charge in [-0.3, -0.25) is 9.59 Å². The summed E-state index contributed by atoms with van der Waals surface area (Å²) in [5.41, 5.74) is 1.15. The van der Waals surface area contributed by atoms with Gasteiger partial charge < -0.3 is 20.7 Å². The predicted octanol–water partition coefficient (Wildman–Crippen LogP) is 4.55. The maximum Gasteiger partial charge on any atom is 0.407 e. The van der Waals surface area contributed by atoms with Crippen LogP contribution in [0.4, 0.5) is 16.2 Å². The van der Waals surface area contributed by atoms with Crippen LogP contribution < -0.4 is 16.0 Å². The molecule has 7 nitrogen and oxygen atoms in total. The lowest BCUT2D eigenvalue weighted by Crippen LogP contribution is -2.34. The van der Waals surface area contributed by atoms with Gasteiger partial charge in [-0.2, -0.15) is 0 Å². The number of ether oxygens (including phenoxy) is 1. The summed E-state index contributed by atoms with van der Waals surface area (Å²) in [5.74, 6) is -0.469. The number of hydrogen-bond donors (Lipinski definition) is 3. The predicted molar refractivity (Wildman–Crippen MR) is 116 cm³/mol. The number of rotatable bonds is 6. The highest BCUT2D eigenvalue weighted by molar-refractivity contribution is 9.10. The van der Waals surface area contributed by atoms with Crippen molar-refractivity contribution in [3.05, 3.63) is 58.6 Å². The van der Waals surface area contributed by atoms with E-state index < -0.39 is 11.7 Å². The van der Waals surface area contributed by atoms with E-state index in [1.165, 1.54) is 0 Å². The van der Waals surface area contributed by atoms with Gasteiger partial charge in [-0.25, -0.2) is 4.79 Å². The Hall–Kier alpha value is -2.87. The van der Waals surface area contributed by atoms with E-state index in [9.17, 15) is 14.4 Å². The maximum atomic E-state index is 12.2.